The molecule has 1 aliphatic carbocycles. The summed E-state index contributed by atoms with van der Waals surface area (Å²) in [6, 6.07) is 8.71. The number of rotatable bonds is 7. The standard InChI is InChI=1S/C25H37N3O4/c1-18(2)14-22-24(30)27(16-19-10-6-4-7-11-19)17-21(15-23(29)32-3)28(22)25(31)26-20-12-8-5-9-13-20/h4,6-7,10-11,18,20-22H,5,8-9,12-17H2,1-3H3,(H,26,31)/t21-,22+/m1/s1. The van der Waals surface area contributed by atoms with Crippen molar-refractivity contribution < 1.29 is 19.1 Å². The minimum absolute atomic E-state index is 0.0533. The predicted octanol–water partition coefficient (Wildman–Crippen LogP) is 3.72. The van der Waals surface area contributed by atoms with Gasteiger partial charge in [-0.25, -0.2) is 4.79 Å². The van der Waals surface area contributed by atoms with E-state index < -0.39 is 12.1 Å². The van der Waals surface area contributed by atoms with Crippen LogP contribution in [-0.2, 0) is 20.9 Å². The van der Waals surface area contributed by atoms with E-state index in [-0.39, 0.29) is 36.3 Å². The highest BCUT2D eigenvalue weighted by Crippen LogP contribution is 2.27. The highest BCUT2D eigenvalue weighted by Gasteiger charge is 2.44. The van der Waals surface area contributed by atoms with Crippen LogP contribution in [0, 0.1) is 5.92 Å². The highest BCUT2D eigenvalue weighted by atomic mass is 16.5. The van der Waals surface area contributed by atoms with Crippen molar-refractivity contribution in [3.63, 3.8) is 0 Å². The van der Waals surface area contributed by atoms with E-state index in [0.717, 1.165) is 31.2 Å². The van der Waals surface area contributed by atoms with Crippen molar-refractivity contribution in [1.82, 2.24) is 15.1 Å². The topological polar surface area (TPSA) is 79.0 Å². The van der Waals surface area contributed by atoms with Crippen molar-refractivity contribution in [2.24, 2.45) is 5.92 Å². The Kier molecular flexibility index (Phi) is 8.53. The van der Waals surface area contributed by atoms with Crippen LogP contribution >= 0.6 is 0 Å². The molecular weight excluding hydrogens is 406 g/mol. The molecular formula is C25H37N3O4. The number of carbonyl (C=O) groups is 3. The summed E-state index contributed by atoms with van der Waals surface area (Å²) in [4.78, 5) is 42.7. The molecule has 0 aromatic heterocycles. The summed E-state index contributed by atoms with van der Waals surface area (Å²) in [5.41, 5.74) is 1.03. The van der Waals surface area contributed by atoms with Crippen molar-refractivity contribution in [2.45, 2.75) is 83.5 Å². The lowest BCUT2D eigenvalue weighted by Crippen LogP contribution is -2.66. The number of hydrogen-bond donors (Lipinski definition) is 1. The smallest absolute Gasteiger partial charge is 0.318 e. The first-order chi connectivity index (χ1) is 15.4. The Bertz CT molecular complexity index is 777. The van der Waals surface area contributed by atoms with Crippen molar-refractivity contribution in [1.29, 1.82) is 0 Å². The molecule has 1 aliphatic heterocycles. The fourth-order valence-electron chi connectivity index (χ4n) is 4.87. The molecule has 0 unspecified atom stereocenters. The number of methoxy groups -OCH3 is 1. The van der Waals surface area contributed by atoms with Gasteiger partial charge < -0.3 is 19.9 Å². The molecule has 176 valence electrons. The van der Waals surface area contributed by atoms with Gasteiger partial charge >= 0.3 is 12.0 Å². The number of urea groups is 1. The number of hydrogen-bond acceptors (Lipinski definition) is 4. The molecule has 1 aromatic rings. The van der Waals surface area contributed by atoms with Gasteiger partial charge in [-0.1, -0.05) is 63.4 Å². The Hall–Kier alpha value is -2.57. The second-order valence-electron chi connectivity index (χ2n) is 9.48. The van der Waals surface area contributed by atoms with E-state index >= 15 is 0 Å². The van der Waals surface area contributed by atoms with Crippen molar-refractivity contribution in [3.05, 3.63) is 35.9 Å². The highest BCUT2D eigenvalue weighted by molar-refractivity contribution is 5.89. The maximum Gasteiger partial charge on any atom is 0.318 e. The first kappa shape index (κ1) is 24.1. The van der Waals surface area contributed by atoms with Gasteiger partial charge in [-0.3, -0.25) is 9.59 Å². The number of ether oxygens (including phenoxy) is 1. The third-order valence-corrected chi connectivity index (χ3v) is 6.47. The van der Waals surface area contributed by atoms with Gasteiger partial charge in [0.15, 0.2) is 0 Å². The fraction of sp³-hybridized carbons (Fsp3) is 0.640. The number of carbonyl (C=O) groups excluding carboxylic acids is 3. The monoisotopic (exact) mass is 443 g/mol. The SMILES string of the molecule is COC(=O)C[C@@H]1CN(Cc2ccccc2)C(=O)[C@H](CC(C)C)N1C(=O)NC1CCCCC1. The van der Waals surface area contributed by atoms with Gasteiger partial charge in [0.1, 0.15) is 6.04 Å². The van der Waals surface area contributed by atoms with Crippen LogP contribution in [0.15, 0.2) is 30.3 Å². The molecule has 0 radical (unpaired) electrons. The van der Waals surface area contributed by atoms with Crippen LogP contribution in [0.5, 0.6) is 0 Å². The van der Waals surface area contributed by atoms with E-state index in [0.29, 0.717) is 19.5 Å². The van der Waals surface area contributed by atoms with Gasteiger partial charge in [0.2, 0.25) is 5.91 Å². The van der Waals surface area contributed by atoms with Crippen LogP contribution in [-0.4, -0.2) is 59.5 Å². The normalized spacial score (nSPS) is 22.2. The van der Waals surface area contributed by atoms with E-state index in [1.54, 1.807) is 9.80 Å². The van der Waals surface area contributed by atoms with Crippen LogP contribution in [0.3, 0.4) is 0 Å². The van der Waals surface area contributed by atoms with Crippen molar-refractivity contribution in [3.8, 4) is 0 Å². The molecule has 7 nitrogen and oxygen atoms in total. The van der Waals surface area contributed by atoms with Crippen LogP contribution in [0.1, 0.15) is 64.4 Å². The Labute approximate surface area is 191 Å². The summed E-state index contributed by atoms with van der Waals surface area (Å²) in [6.07, 6.45) is 5.96. The lowest BCUT2D eigenvalue weighted by atomic mass is 9.94. The predicted molar refractivity (Wildman–Crippen MR) is 123 cm³/mol. The Morgan fingerprint density at radius 2 is 1.81 bits per heavy atom. The van der Waals surface area contributed by atoms with E-state index in [2.05, 4.69) is 19.2 Å². The number of nitrogens with zero attached hydrogens (tertiary/aromatic N) is 2. The van der Waals surface area contributed by atoms with E-state index in [9.17, 15) is 14.4 Å². The Balaban J connectivity index is 1.86. The molecule has 2 atom stereocenters. The summed E-state index contributed by atoms with van der Waals surface area (Å²) in [6.45, 7) is 4.88. The van der Waals surface area contributed by atoms with E-state index in [4.69, 9.17) is 4.74 Å². The van der Waals surface area contributed by atoms with Gasteiger partial charge in [-0.2, -0.15) is 0 Å². The van der Waals surface area contributed by atoms with E-state index in [1.165, 1.54) is 13.5 Å². The molecule has 1 saturated carbocycles. The number of piperazine rings is 1. The molecule has 0 spiro atoms. The largest absolute Gasteiger partial charge is 0.469 e. The second kappa shape index (κ2) is 11.3. The third-order valence-electron chi connectivity index (χ3n) is 6.47. The maximum atomic E-state index is 13.6. The lowest BCUT2D eigenvalue weighted by Gasteiger charge is -2.46. The van der Waals surface area contributed by atoms with Gasteiger partial charge in [0.25, 0.3) is 0 Å². The van der Waals surface area contributed by atoms with Gasteiger partial charge in [-0.15, -0.1) is 0 Å². The second-order valence-corrected chi connectivity index (χ2v) is 9.48. The summed E-state index contributed by atoms with van der Waals surface area (Å²) in [7, 11) is 1.36. The molecule has 32 heavy (non-hydrogen) atoms. The minimum Gasteiger partial charge on any atom is -0.469 e. The van der Waals surface area contributed by atoms with Gasteiger partial charge in [0.05, 0.1) is 19.6 Å². The summed E-state index contributed by atoms with van der Waals surface area (Å²) >= 11 is 0. The summed E-state index contributed by atoms with van der Waals surface area (Å²) < 4.78 is 4.93. The van der Waals surface area contributed by atoms with Crippen LogP contribution in [0.2, 0.25) is 0 Å². The van der Waals surface area contributed by atoms with Crippen LogP contribution in [0.4, 0.5) is 4.79 Å². The number of esters is 1. The maximum absolute atomic E-state index is 13.6. The molecule has 1 saturated heterocycles. The van der Waals surface area contributed by atoms with Gasteiger partial charge in [0, 0.05) is 19.1 Å². The molecule has 7 heteroatoms. The number of amides is 3. The Morgan fingerprint density at radius 1 is 1.12 bits per heavy atom. The summed E-state index contributed by atoms with van der Waals surface area (Å²) in [5.74, 6) is -0.199. The average molecular weight is 444 g/mol. The van der Waals surface area contributed by atoms with Gasteiger partial charge in [-0.05, 0) is 30.7 Å². The molecule has 1 heterocycles. The fourth-order valence-corrected chi connectivity index (χ4v) is 4.87. The molecule has 3 rings (SSSR count). The molecule has 1 aromatic carbocycles. The lowest BCUT2D eigenvalue weighted by molar-refractivity contribution is -0.150. The quantitative estimate of drug-likeness (QED) is 0.652. The average Bonchev–Trinajstić information content (AvgIpc) is 2.78. The molecule has 1 N–H and O–H groups in total. The van der Waals surface area contributed by atoms with Crippen LogP contribution in [0.25, 0.3) is 0 Å². The third kappa shape index (κ3) is 6.24. The molecule has 0 bridgehead atoms. The number of benzene rings is 1. The first-order valence-corrected chi connectivity index (χ1v) is 11.9. The number of nitrogens with one attached hydrogen (secondary N) is 1. The zero-order valence-corrected chi connectivity index (χ0v) is 19.6. The van der Waals surface area contributed by atoms with E-state index in [1.807, 2.05) is 30.3 Å². The Morgan fingerprint density at radius 3 is 2.44 bits per heavy atom. The van der Waals surface area contributed by atoms with Crippen LogP contribution < -0.4 is 5.32 Å². The molecule has 2 aliphatic rings. The zero-order valence-electron chi connectivity index (χ0n) is 19.6. The van der Waals surface area contributed by atoms with Crippen molar-refractivity contribution >= 4 is 17.9 Å². The summed E-state index contributed by atoms with van der Waals surface area (Å²) in [5, 5.41) is 3.16. The van der Waals surface area contributed by atoms with Crippen molar-refractivity contribution in [2.75, 3.05) is 13.7 Å². The molecule has 3 amide bonds. The molecule has 2 fully saturated rings. The minimum atomic E-state index is -0.592. The first-order valence-electron chi connectivity index (χ1n) is 11.9. The zero-order chi connectivity index (χ0) is 23.1.